The first-order valence-corrected chi connectivity index (χ1v) is 12.2. The molecule has 0 aliphatic carbocycles. The number of amides is 2. The molecule has 0 radical (unpaired) electrons. The molecule has 1 aromatic carbocycles. The summed E-state index contributed by atoms with van der Waals surface area (Å²) in [7, 11) is 2.00. The number of rotatable bonds is 4. The minimum atomic E-state index is -0.429. The average Bonchev–Trinajstić information content (AvgIpc) is 3.53. The zero-order valence-electron chi connectivity index (χ0n) is 18.9. The normalized spacial score (nSPS) is 18.4. The molecule has 8 nitrogen and oxygen atoms in total. The molecule has 0 unspecified atom stereocenters. The van der Waals surface area contributed by atoms with Gasteiger partial charge in [-0.05, 0) is 44.3 Å². The van der Waals surface area contributed by atoms with Crippen molar-refractivity contribution in [2.45, 2.75) is 25.3 Å². The number of carbonyl (C=O) groups is 2. The number of thiophene rings is 1. The second kappa shape index (κ2) is 7.75. The third-order valence-electron chi connectivity index (χ3n) is 7.06. The lowest BCUT2D eigenvalue weighted by Crippen LogP contribution is -2.50. The third kappa shape index (κ3) is 3.23. The van der Waals surface area contributed by atoms with E-state index in [1.54, 1.807) is 6.20 Å². The highest BCUT2D eigenvalue weighted by Gasteiger charge is 2.36. The molecule has 2 aliphatic rings. The second-order valence-corrected chi connectivity index (χ2v) is 10.0. The monoisotopic (exact) mass is 472 g/mol. The van der Waals surface area contributed by atoms with Crippen LogP contribution in [0, 0.1) is 0 Å². The van der Waals surface area contributed by atoms with Crippen molar-refractivity contribution in [3.05, 3.63) is 53.2 Å². The fourth-order valence-electron chi connectivity index (χ4n) is 4.82. The van der Waals surface area contributed by atoms with Gasteiger partial charge in [-0.15, -0.1) is 11.3 Å². The number of nitrogens with one attached hydrogen (secondary N) is 3. The fourth-order valence-corrected chi connectivity index (χ4v) is 5.70. The van der Waals surface area contributed by atoms with E-state index < -0.39 is 11.8 Å². The minimum absolute atomic E-state index is 0.0873. The number of benzene rings is 1. The molecule has 0 atom stereocenters. The van der Waals surface area contributed by atoms with Gasteiger partial charge in [-0.3, -0.25) is 14.9 Å². The summed E-state index contributed by atoms with van der Waals surface area (Å²) in [4.78, 5) is 41.2. The van der Waals surface area contributed by atoms with Gasteiger partial charge >= 0.3 is 0 Å². The van der Waals surface area contributed by atoms with Gasteiger partial charge in [-0.2, -0.15) is 0 Å². The number of H-pyrrole nitrogens is 1. The number of carbonyl (C=O) groups excluding carboxylic acids is 2. The van der Waals surface area contributed by atoms with Crippen LogP contribution in [0.5, 0.6) is 0 Å². The molecule has 4 aromatic rings. The molecule has 2 amide bonds. The van der Waals surface area contributed by atoms with Crippen molar-refractivity contribution in [2.75, 3.05) is 25.0 Å². The van der Waals surface area contributed by atoms with Gasteiger partial charge in [-0.25, -0.2) is 9.97 Å². The zero-order chi connectivity index (χ0) is 23.4. The Morgan fingerprint density at radius 2 is 1.82 bits per heavy atom. The van der Waals surface area contributed by atoms with Crippen LogP contribution >= 0.6 is 11.3 Å². The van der Waals surface area contributed by atoms with E-state index in [2.05, 4.69) is 27.4 Å². The van der Waals surface area contributed by atoms with Crippen molar-refractivity contribution in [3.8, 4) is 0 Å². The molecule has 6 rings (SSSR count). The molecule has 1 fully saturated rings. The largest absolute Gasteiger partial charge is 0.360 e. The molecule has 2 aliphatic heterocycles. The number of imide groups is 1. The van der Waals surface area contributed by atoms with Crippen LogP contribution in [0.15, 0.2) is 41.9 Å². The SMILES string of the molecule is CNC1(C)CCN(c2nc(C3=C(c4c[nH]c5ccsc45)C(=O)NC3=O)c3ccccc3n2)CC1. The Balaban J connectivity index is 1.55. The van der Waals surface area contributed by atoms with Gasteiger partial charge in [0.25, 0.3) is 11.8 Å². The van der Waals surface area contributed by atoms with Gasteiger partial charge in [0.15, 0.2) is 0 Å². The number of fused-ring (bicyclic) bond motifs is 2. The number of aromatic nitrogens is 3. The molecule has 5 heterocycles. The van der Waals surface area contributed by atoms with Crippen molar-refractivity contribution in [1.29, 1.82) is 0 Å². The number of para-hydroxylation sites is 1. The number of piperidine rings is 1. The first-order chi connectivity index (χ1) is 16.5. The number of nitrogens with zero attached hydrogens (tertiary/aromatic N) is 3. The van der Waals surface area contributed by atoms with E-state index >= 15 is 0 Å². The van der Waals surface area contributed by atoms with Crippen LogP contribution in [0.2, 0.25) is 0 Å². The van der Waals surface area contributed by atoms with Gasteiger partial charge in [-0.1, -0.05) is 18.2 Å². The van der Waals surface area contributed by atoms with Crippen LogP contribution in [0.3, 0.4) is 0 Å². The number of hydrogen-bond acceptors (Lipinski definition) is 7. The summed E-state index contributed by atoms with van der Waals surface area (Å²) in [5, 5.41) is 8.63. The van der Waals surface area contributed by atoms with Crippen molar-refractivity contribution in [1.82, 2.24) is 25.6 Å². The Bertz CT molecular complexity index is 1490. The van der Waals surface area contributed by atoms with Crippen LogP contribution in [-0.2, 0) is 9.59 Å². The van der Waals surface area contributed by atoms with E-state index in [1.807, 2.05) is 42.8 Å². The van der Waals surface area contributed by atoms with Crippen LogP contribution in [0.1, 0.15) is 31.0 Å². The second-order valence-electron chi connectivity index (χ2n) is 9.09. The number of aromatic amines is 1. The van der Waals surface area contributed by atoms with Gasteiger partial charge in [0.1, 0.15) is 0 Å². The molecule has 9 heteroatoms. The third-order valence-corrected chi connectivity index (χ3v) is 8.01. The number of anilines is 1. The fraction of sp³-hybridized carbons (Fsp3) is 0.280. The Hall–Kier alpha value is -3.56. The lowest BCUT2D eigenvalue weighted by atomic mass is 9.90. The van der Waals surface area contributed by atoms with E-state index in [0.29, 0.717) is 22.8 Å². The summed E-state index contributed by atoms with van der Waals surface area (Å²) in [5.74, 6) is -0.246. The molecule has 1 saturated heterocycles. The summed E-state index contributed by atoms with van der Waals surface area (Å²) in [5.41, 5.74) is 3.64. The minimum Gasteiger partial charge on any atom is -0.360 e. The van der Waals surface area contributed by atoms with Crippen LogP contribution < -0.4 is 15.5 Å². The summed E-state index contributed by atoms with van der Waals surface area (Å²) in [6.45, 7) is 3.84. The summed E-state index contributed by atoms with van der Waals surface area (Å²) in [6.07, 6.45) is 3.71. The van der Waals surface area contributed by atoms with Crippen molar-refractivity contribution in [2.24, 2.45) is 0 Å². The lowest BCUT2D eigenvalue weighted by Gasteiger charge is -2.39. The standard InChI is InChI=1S/C25H24N6O2S/c1-25(26-2)8-10-31(11-9-25)24-28-16-6-4-3-5-14(16)20(29-24)19-18(22(32)30-23(19)33)15-13-27-17-7-12-34-21(15)17/h3-7,12-13,26-27H,8-11H2,1-2H3,(H,30,32,33). The molecular formula is C25H24N6O2S. The van der Waals surface area contributed by atoms with Crippen LogP contribution in [-0.4, -0.2) is 52.4 Å². The van der Waals surface area contributed by atoms with Crippen LogP contribution in [0.4, 0.5) is 5.95 Å². The molecule has 3 N–H and O–H groups in total. The Morgan fingerprint density at radius 1 is 1.06 bits per heavy atom. The van der Waals surface area contributed by atoms with Gasteiger partial charge < -0.3 is 15.2 Å². The summed E-state index contributed by atoms with van der Waals surface area (Å²) in [6, 6.07) is 9.62. The zero-order valence-corrected chi connectivity index (χ0v) is 19.8. The first kappa shape index (κ1) is 21.0. The Labute approximate surface area is 200 Å². The predicted molar refractivity (Wildman–Crippen MR) is 135 cm³/mol. The number of hydrogen-bond donors (Lipinski definition) is 3. The maximum absolute atomic E-state index is 13.1. The van der Waals surface area contributed by atoms with Gasteiger partial charge in [0.2, 0.25) is 5.95 Å². The van der Waals surface area contributed by atoms with Gasteiger partial charge in [0.05, 0.1) is 32.6 Å². The van der Waals surface area contributed by atoms with Crippen molar-refractivity contribution < 1.29 is 9.59 Å². The first-order valence-electron chi connectivity index (χ1n) is 11.3. The lowest BCUT2D eigenvalue weighted by molar-refractivity contribution is -0.122. The average molecular weight is 473 g/mol. The molecule has 34 heavy (non-hydrogen) atoms. The van der Waals surface area contributed by atoms with Crippen molar-refractivity contribution >= 4 is 61.4 Å². The van der Waals surface area contributed by atoms with Crippen LogP contribution in [0.25, 0.3) is 32.3 Å². The van der Waals surface area contributed by atoms with Crippen molar-refractivity contribution in [3.63, 3.8) is 0 Å². The van der Waals surface area contributed by atoms with E-state index in [4.69, 9.17) is 9.97 Å². The van der Waals surface area contributed by atoms with E-state index in [1.165, 1.54) is 11.3 Å². The topological polar surface area (TPSA) is 103 Å². The maximum Gasteiger partial charge on any atom is 0.261 e. The summed E-state index contributed by atoms with van der Waals surface area (Å²) < 4.78 is 0.943. The van der Waals surface area contributed by atoms with E-state index in [0.717, 1.165) is 52.6 Å². The highest BCUT2D eigenvalue weighted by atomic mass is 32.1. The maximum atomic E-state index is 13.1. The molecule has 172 valence electrons. The molecule has 0 spiro atoms. The quantitative estimate of drug-likeness (QED) is 0.394. The van der Waals surface area contributed by atoms with E-state index in [-0.39, 0.29) is 5.54 Å². The Kier molecular flexibility index (Phi) is 4.79. The molecule has 0 saturated carbocycles. The molecular weight excluding hydrogens is 448 g/mol. The van der Waals surface area contributed by atoms with Gasteiger partial charge in [0, 0.05) is 35.8 Å². The summed E-state index contributed by atoms with van der Waals surface area (Å²) >= 11 is 1.54. The smallest absolute Gasteiger partial charge is 0.261 e. The molecule has 0 bridgehead atoms. The highest BCUT2D eigenvalue weighted by molar-refractivity contribution is 7.17. The van der Waals surface area contributed by atoms with E-state index in [9.17, 15) is 9.59 Å². The molecule has 3 aromatic heterocycles. The highest BCUT2D eigenvalue weighted by Crippen LogP contribution is 2.38. The predicted octanol–water partition coefficient (Wildman–Crippen LogP) is 3.32. The Morgan fingerprint density at radius 3 is 2.62 bits per heavy atom.